The predicted octanol–water partition coefficient (Wildman–Crippen LogP) is 2.18. The summed E-state index contributed by atoms with van der Waals surface area (Å²) in [6.45, 7) is 6.09. The number of nitrogen functional groups attached to an aromatic ring is 1. The average molecular weight is 238 g/mol. The summed E-state index contributed by atoms with van der Waals surface area (Å²) in [6.07, 6.45) is 0.812. The van der Waals surface area contributed by atoms with E-state index in [4.69, 9.17) is 15.6 Å². The summed E-state index contributed by atoms with van der Waals surface area (Å²) >= 11 is 0. The minimum Gasteiger partial charge on any atom is -0.477 e. The number of ether oxygens (including phenoxy) is 1. The number of carboxylic acid groups (broad SMARTS) is 1. The highest BCUT2D eigenvalue weighted by Crippen LogP contribution is 2.21. The molecule has 5 heteroatoms. The van der Waals surface area contributed by atoms with Crippen molar-refractivity contribution in [1.82, 2.24) is 4.98 Å². The molecule has 0 aliphatic heterocycles. The van der Waals surface area contributed by atoms with Gasteiger partial charge >= 0.3 is 5.97 Å². The van der Waals surface area contributed by atoms with Crippen LogP contribution in [0.1, 0.15) is 37.7 Å². The first kappa shape index (κ1) is 13.3. The Balaban J connectivity index is 2.82. The lowest BCUT2D eigenvalue weighted by atomic mass is 10.1. The van der Waals surface area contributed by atoms with Gasteiger partial charge in [-0.05, 0) is 31.4 Å². The molecule has 0 saturated carbocycles. The number of anilines is 1. The number of nitrogens with two attached hydrogens (primary N) is 1. The standard InChI is InChI=1S/C12H18N2O3/c1-7(2)6-8(3)17-11-9(13)4-5-10(14-11)12(15)16/h4-5,7-8H,6,13H2,1-3H3,(H,15,16). The first-order valence-corrected chi connectivity index (χ1v) is 5.56. The summed E-state index contributed by atoms with van der Waals surface area (Å²) in [4.78, 5) is 14.6. The Labute approximate surface area is 101 Å². The van der Waals surface area contributed by atoms with Crippen molar-refractivity contribution in [1.29, 1.82) is 0 Å². The summed E-state index contributed by atoms with van der Waals surface area (Å²) < 4.78 is 5.55. The number of aromatic carboxylic acids is 1. The fourth-order valence-electron chi connectivity index (χ4n) is 1.57. The summed E-state index contributed by atoms with van der Waals surface area (Å²) in [6, 6.07) is 2.85. The first-order valence-electron chi connectivity index (χ1n) is 5.56. The summed E-state index contributed by atoms with van der Waals surface area (Å²) in [5.74, 6) is -0.404. The molecule has 0 bridgehead atoms. The maximum Gasteiger partial charge on any atom is 0.354 e. The number of rotatable bonds is 5. The molecule has 1 aromatic rings. The van der Waals surface area contributed by atoms with Gasteiger partial charge in [-0.15, -0.1) is 0 Å². The van der Waals surface area contributed by atoms with Gasteiger partial charge in [0.25, 0.3) is 0 Å². The van der Waals surface area contributed by atoms with Crippen LogP contribution in [0, 0.1) is 5.92 Å². The molecule has 1 heterocycles. The van der Waals surface area contributed by atoms with Gasteiger partial charge in [0.15, 0.2) is 5.69 Å². The van der Waals surface area contributed by atoms with Crippen molar-refractivity contribution < 1.29 is 14.6 Å². The van der Waals surface area contributed by atoms with Crippen LogP contribution in [0.3, 0.4) is 0 Å². The molecule has 1 rings (SSSR count). The number of carbonyl (C=O) groups is 1. The van der Waals surface area contributed by atoms with Crippen LogP contribution < -0.4 is 10.5 Å². The third kappa shape index (κ3) is 3.94. The number of hydrogen-bond donors (Lipinski definition) is 2. The lowest BCUT2D eigenvalue weighted by Gasteiger charge is -2.17. The second-order valence-electron chi connectivity index (χ2n) is 4.45. The molecule has 1 aromatic heterocycles. The zero-order valence-corrected chi connectivity index (χ0v) is 10.3. The Kier molecular flexibility index (Phi) is 4.31. The molecule has 0 aliphatic rings. The van der Waals surface area contributed by atoms with Gasteiger partial charge in [0.2, 0.25) is 5.88 Å². The molecule has 3 N–H and O–H groups in total. The van der Waals surface area contributed by atoms with Gasteiger partial charge < -0.3 is 15.6 Å². The normalized spacial score (nSPS) is 12.5. The van der Waals surface area contributed by atoms with Crippen molar-refractivity contribution in [3.05, 3.63) is 17.8 Å². The Morgan fingerprint density at radius 1 is 1.47 bits per heavy atom. The van der Waals surface area contributed by atoms with E-state index in [9.17, 15) is 4.79 Å². The molecule has 0 spiro atoms. The maximum atomic E-state index is 10.8. The van der Waals surface area contributed by atoms with Crippen molar-refractivity contribution in [2.75, 3.05) is 5.73 Å². The summed E-state index contributed by atoms with van der Waals surface area (Å²) in [5, 5.41) is 8.82. The van der Waals surface area contributed by atoms with Crippen molar-refractivity contribution in [3.63, 3.8) is 0 Å². The first-order chi connectivity index (χ1) is 7.90. The monoisotopic (exact) mass is 238 g/mol. The SMILES string of the molecule is CC(C)CC(C)Oc1nc(C(=O)O)ccc1N. The molecular formula is C12H18N2O3. The fourth-order valence-corrected chi connectivity index (χ4v) is 1.57. The third-order valence-corrected chi connectivity index (χ3v) is 2.22. The zero-order chi connectivity index (χ0) is 13.0. The molecule has 17 heavy (non-hydrogen) atoms. The van der Waals surface area contributed by atoms with Gasteiger partial charge in [0, 0.05) is 0 Å². The highest BCUT2D eigenvalue weighted by Gasteiger charge is 2.13. The summed E-state index contributed by atoms with van der Waals surface area (Å²) in [7, 11) is 0. The van der Waals surface area contributed by atoms with E-state index in [2.05, 4.69) is 18.8 Å². The summed E-state index contributed by atoms with van der Waals surface area (Å²) in [5.41, 5.74) is 5.98. The molecule has 0 amide bonds. The maximum absolute atomic E-state index is 10.8. The molecule has 0 aromatic carbocycles. The van der Waals surface area contributed by atoms with Gasteiger partial charge in [-0.25, -0.2) is 9.78 Å². The molecule has 0 saturated heterocycles. The van der Waals surface area contributed by atoms with Crippen LogP contribution in [0.2, 0.25) is 0 Å². The highest BCUT2D eigenvalue weighted by atomic mass is 16.5. The number of nitrogens with zero attached hydrogens (tertiary/aromatic N) is 1. The predicted molar refractivity (Wildman–Crippen MR) is 65.2 cm³/mol. The lowest BCUT2D eigenvalue weighted by Crippen LogP contribution is -2.17. The van der Waals surface area contributed by atoms with Crippen LogP contribution in [0.5, 0.6) is 5.88 Å². The average Bonchev–Trinajstić information content (AvgIpc) is 2.19. The van der Waals surface area contributed by atoms with Gasteiger partial charge in [0.1, 0.15) is 0 Å². The minimum atomic E-state index is -1.09. The van der Waals surface area contributed by atoms with Crippen molar-refractivity contribution in [3.8, 4) is 5.88 Å². The second-order valence-corrected chi connectivity index (χ2v) is 4.45. The van der Waals surface area contributed by atoms with E-state index in [1.54, 1.807) is 0 Å². The van der Waals surface area contributed by atoms with E-state index in [1.165, 1.54) is 12.1 Å². The topological polar surface area (TPSA) is 85.4 Å². The molecule has 0 aliphatic carbocycles. The third-order valence-electron chi connectivity index (χ3n) is 2.22. The van der Waals surface area contributed by atoms with E-state index >= 15 is 0 Å². The highest BCUT2D eigenvalue weighted by molar-refractivity contribution is 5.86. The van der Waals surface area contributed by atoms with E-state index in [0.717, 1.165) is 6.42 Å². The van der Waals surface area contributed by atoms with Crippen molar-refractivity contribution in [2.24, 2.45) is 5.92 Å². The minimum absolute atomic E-state index is 0.0474. The Hall–Kier alpha value is -1.78. The van der Waals surface area contributed by atoms with Gasteiger partial charge in [-0.1, -0.05) is 13.8 Å². The van der Waals surface area contributed by atoms with Crippen LogP contribution in [0.25, 0.3) is 0 Å². The Bertz CT molecular complexity index is 405. The quantitative estimate of drug-likeness (QED) is 0.821. The van der Waals surface area contributed by atoms with E-state index in [1.807, 2.05) is 6.92 Å². The van der Waals surface area contributed by atoms with E-state index in [-0.39, 0.29) is 17.7 Å². The van der Waals surface area contributed by atoms with Crippen LogP contribution >= 0.6 is 0 Å². The second kappa shape index (κ2) is 5.52. The molecular weight excluding hydrogens is 220 g/mol. The van der Waals surface area contributed by atoms with Crippen LogP contribution in [0.4, 0.5) is 5.69 Å². The van der Waals surface area contributed by atoms with Crippen LogP contribution in [0.15, 0.2) is 12.1 Å². The Morgan fingerprint density at radius 3 is 2.65 bits per heavy atom. The van der Waals surface area contributed by atoms with E-state index in [0.29, 0.717) is 11.6 Å². The lowest BCUT2D eigenvalue weighted by molar-refractivity contribution is 0.0688. The largest absolute Gasteiger partial charge is 0.477 e. The fraction of sp³-hybridized carbons (Fsp3) is 0.500. The van der Waals surface area contributed by atoms with Gasteiger partial charge in [-0.2, -0.15) is 0 Å². The molecule has 1 atom stereocenters. The molecule has 0 fully saturated rings. The van der Waals surface area contributed by atoms with Gasteiger partial charge in [-0.3, -0.25) is 0 Å². The number of pyridine rings is 1. The number of hydrogen-bond acceptors (Lipinski definition) is 4. The number of carboxylic acids is 1. The van der Waals surface area contributed by atoms with Crippen molar-refractivity contribution in [2.45, 2.75) is 33.3 Å². The van der Waals surface area contributed by atoms with E-state index < -0.39 is 5.97 Å². The molecule has 1 unspecified atom stereocenters. The van der Waals surface area contributed by atoms with Crippen molar-refractivity contribution >= 4 is 11.7 Å². The molecule has 5 nitrogen and oxygen atoms in total. The molecule has 94 valence electrons. The van der Waals surface area contributed by atoms with Crippen LogP contribution in [-0.2, 0) is 0 Å². The molecule has 0 radical (unpaired) electrons. The van der Waals surface area contributed by atoms with Gasteiger partial charge in [0.05, 0.1) is 11.8 Å². The van der Waals surface area contributed by atoms with Crippen LogP contribution in [-0.4, -0.2) is 22.2 Å². The smallest absolute Gasteiger partial charge is 0.354 e. The zero-order valence-electron chi connectivity index (χ0n) is 10.3. The number of aromatic nitrogens is 1. The Morgan fingerprint density at radius 2 is 2.12 bits per heavy atom.